The second kappa shape index (κ2) is 9.21. The van der Waals surface area contributed by atoms with Gasteiger partial charge in [-0.05, 0) is 24.6 Å². The summed E-state index contributed by atoms with van der Waals surface area (Å²) in [5.74, 6) is 2.57. The summed E-state index contributed by atoms with van der Waals surface area (Å²) in [5, 5.41) is 3.79. The van der Waals surface area contributed by atoms with Gasteiger partial charge >= 0.3 is 0 Å². The van der Waals surface area contributed by atoms with Crippen molar-refractivity contribution < 1.29 is 13.7 Å². The van der Waals surface area contributed by atoms with Gasteiger partial charge in [-0.3, -0.25) is 4.21 Å². The highest BCUT2D eigenvalue weighted by Gasteiger charge is 2.11. The van der Waals surface area contributed by atoms with E-state index in [1.165, 1.54) is 0 Å². The van der Waals surface area contributed by atoms with Gasteiger partial charge in [-0.1, -0.05) is 18.5 Å². The summed E-state index contributed by atoms with van der Waals surface area (Å²) in [6, 6.07) is 3.76. The molecule has 0 bridgehead atoms. The first kappa shape index (κ1) is 17.3. The van der Waals surface area contributed by atoms with Crippen LogP contribution in [0, 0.1) is 0 Å². The van der Waals surface area contributed by atoms with Crippen molar-refractivity contribution in [2.24, 2.45) is 0 Å². The molecule has 0 fully saturated rings. The molecule has 0 amide bonds. The molecule has 0 radical (unpaired) electrons. The van der Waals surface area contributed by atoms with Gasteiger partial charge in [0, 0.05) is 35.4 Å². The van der Waals surface area contributed by atoms with Crippen molar-refractivity contribution in [3.8, 4) is 11.5 Å². The maximum atomic E-state index is 11.3. The van der Waals surface area contributed by atoms with E-state index < -0.39 is 10.8 Å². The van der Waals surface area contributed by atoms with Gasteiger partial charge in [0.1, 0.15) is 0 Å². The van der Waals surface area contributed by atoms with Crippen LogP contribution in [0.15, 0.2) is 12.1 Å². The molecule has 6 heteroatoms. The molecule has 1 aromatic carbocycles. The molecule has 1 aromatic rings. The highest BCUT2D eigenvalue weighted by molar-refractivity contribution is 7.84. The molecule has 0 aliphatic rings. The van der Waals surface area contributed by atoms with Crippen molar-refractivity contribution in [3.63, 3.8) is 0 Å². The van der Waals surface area contributed by atoms with E-state index in [-0.39, 0.29) is 0 Å². The Balaban J connectivity index is 2.63. The van der Waals surface area contributed by atoms with E-state index in [4.69, 9.17) is 21.1 Å². The van der Waals surface area contributed by atoms with E-state index in [9.17, 15) is 4.21 Å². The van der Waals surface area contributed by atoms with Gasteiger partial charge < -0.3 is 14.8 Å². The zero-order chi connectivity index (χ0) is 15.0. The standard InChI is InChI=1S/C14H22ClNO3S/c1-4-19-14-12(15)8-11(9-13(14)18-3)10-16-6-7-20(17)5-2/h8-9,16H,4-7,10H2,1-3H3/t20-/m0/s1. The fourth-order valence-corrected chi connectivity index (χ4v) is 2.67. The molecular formula is C14H22ClNO3S. The van der Waals surface area contributed by atoms with Crippen molar-refractivity contribution in [2.75, 3.05) is 31.8 Å². The smallest absolute Gasteiger partial charge is 0.179 e. The molecule has 0 aliphatic carbocycles. The van der Waals surface area contributed by atoms with Crippen LogP contribution in [0.2, 0.25) is 5.02 Å². The molecule has 0 saturated heterocycles. The minimum atomic E-state index is -0.735. The molecular weight excluding hydrogens is 298 g/mol. The van der Waals surface area contributed by atoms with E-state index in [0.717, 1.165) is 5.56 Å². The third-order valence-corrected chi connectivity index (χ3v) is 4.32. The quantitative estimate of drug-likeness (QED) is 0.711. The lowest BCUT2D eigenvalue weighted by Crippen LogP contribution is -2.20. The van der Waals surface area contributed by atoms with Crippen LogP contribution >= 0.6 is 11.6 Å². The summed E-state index contributed by atoms with van der Waals surface area (Å²) < 4.78 is 22.1. The Labute approximate surface area is 128 Å². The lowest BCUT2D eigenvalue weighted by molar-refractivity contribution is 0.311. The van der Waals surface area contributed by atoms with E-state index in [0.29, 0.717) is 47.7 Å². The Morgan fingerprint density at radius 3 is 2.70 bits per heavy atom. The first-order valence-electron chi connectivity index (χ1n) is 6.67. The molecule has 0 aliphatic heterocycles. The van der Waals surface area contributed by atoms with Gasteiger partial charge in [0.25, 0.3) is 0 Å². The van der Waals surface area contributed by atoms with Crippen LogP contribution in [0.5, 0.6) is 11.5 Å². The Hall–Kier alpha value is -0.780. The van der Waals surface area contributed by atoms with Crippen LogP contribution in [-0.2, 0) is 17.3 Å². The van der Waals surface area contributed by atoms with Crippen LogP contribution in [0.25, 0.3) is 0 Å². The monoisotopic (exact) mass is 319 g/mol. The van der Waals surface area contributed by atoms with Gasteiger partial charge in [0.2, 0.25) is 0 Å². The van der Waals surface area contributed by atoms with Crippen LogP contribution in [0.1, 0.15) is 19.4 Å². The van der Waals surface area contributed by atoms with E-state index >= 15 is 0 Å². The number of methoxy groups -OCH3 is 1. The predicted octanol–water partition coefficient (Wildman–Crippen LogP) is 2.61. The highest BCUT2D eigenvalue weighted by atomic mass is 35.5. The molecule has 0 aromatic heterocycles. The lowest BCUT2D eigenvalue weighted by atomic mass is 10.2. The second-order valence-electron chi connectivity index (χ2n) is 4.15. The molecule has 0 heterocycles. The van der Waals surface area contributed by atoms with Gasteiger partial charge in [0.05, 0.1) is 18.7 Å². The average molecular weight is 320 g/mol. The summed E-state index contributed by atoms with van der Waals surface area (Å²) in [4.78, 5) is 0. The molecule has 4 nitrogen and oxygen atoms in total. The van der Waals surface area contributed by atoms with Crippen molar-refractivity contribution in [2.45, 2.75) is 20.4 Å². The van der Waals surface area contributed by atoms with Gasteiger partial charge in [-0.2, -0.15) is 0 Å². The molecule has 1 atom stereocenters. The zero-order valence-corrected chi connectivity index (χ0v) is 13.8. The van der Waals surface area contributed by atoms with Gasteiger partial charge in [0.15, 0.2) is 11.5 Å². The van der Waals surface area contributed by atoms with Crippen molar-refractivity contribution >= 4 is 22.4 Å². The Kier molecular flexibility index (Phi) is 7.95. The first-order valence-corrected chi connectivity index (χ1v) is 8.53. The lowest BCUT2D eigenvalue weighted by Gasteiger charge is -2.13. The number of hydrogen-bond acceptors (Lipinski definition) is 4. The number of rotatable bonds is 9. The first-order chi connectivity index (χ1) is 9.62. The zero-order valence-electron chi connectivity index (χ0n) is 12.2. The maximum absolute atomic E-state index is 11.3. The summed E-state index contributed by atoms with van der Waals surface area (Å²) in [7, 11) is 0.858. The summed E-state index contributed by atoms with van der Waals surface area (Å²) >= 11 is 6.20. The summed E-state index contributed by atoms with van der Waals surface area (Å²) in [5.41, 5.74) is 1.01. The molecule has 0 spiro atoms. The van der Waals surface area contributed by atoms with E-state index in [1.807, 2.05) is 26.0 Å². The molecule has 0 unspecified atom stereocenters. The van der Waals surface area contributed by atoms with Crippen molar-refractivity contribution in [1.82, 2.24) is 5.32 Å². The minimum Gasteiger partial charge on any atom is -0.493 e. The highest BCUT2D eigenvalue weighted by Crippen LogP contribution is 2.36. The average Bonchev–Trinajstić information content (AvgIpc) is 2.45. The number of nitrogens with one attached hydrogen (secondary N) is 1. The number of ether oxygens (including phenoxy) is 2. The van der Waals surface area contributed by atoms with Crippen LogP contribution < -0.4 is 14.8 Å². The normalized spacial score (nSPS) is 12.2. The third kappa shape index (κ3) is 5.31. The molecule has 114 valence electrons. The molecule has 1 rings (SSSR count). The Bertz CT molecular complexity index is 454. The maximum Gasteiger partial charge on any atom is 0.179 e. The Morgan fingerprint density at radius 2 is 2.10 bits per heavy atom. The van der Waals surface area contributed by atoms with Crippen LogP contribution in [-0.4, -0.2) is 36.0 Å². The molecule has 20 heavy (non-hydrogen) atoms. The van der Waals surface area contributed by atoms with Crippen LogP contribution in [0.4, 0.5) is 0 Å². The number of halogens is 1. The van der Waals surface area contributed by atoms with Crippen molar-refractivity contribution in [3.05, 3.63) is 22.7 Å². The van der Waals surface area contributed by atoms with Gasteiger partial charge in [-0.15, -0.1) is 0 Å². The number of benzene rings is 1. The molecule has 1 N–H and O–H groups in total. The topological polar surface area (TPSA) is 47.6 Å². The predicted molar refractivity (Wildman–Crippen MR) is 84.4 cm³/mol. The fraction of sp³-hybridized carbons (Fsp3) is 0.571. The second-order valence-corrected chi connectivity index (χ2v) is 6.42. The Morgan fingerprint density at radius 1 is 1.35 bits per heavy atom. The van der Waals surface area contributed by atoms with Gasteiger partial charge in [-0.25, -0.2) is 0 Å². The molecule has 0 saturated carbocycles. The summed E-state index contributed by atoms with van der Waals surface area (Å²) in [6.45, 7) is 5.74. The largest absolute Gasteiger partial charge is 0.493 e. The van der Waals surface area contributed by atoms with Crippen LogP contribution in [0.3, 0.4) is 0 Å². The fourth-order valence-electron chi connectivity index (χ4n) is 1.72. The third-order valence-electron chi connectivity index (χ3n) is 2.74. The van der Waals surface area contributed by atoms with E-state index in [1.54, 1.807) is 7.11 Å². The minimum absolute atomic E-state index is 0.538. The summed E-state index contributed by atoms with van der Waals surface area (Å²) in [6.07, 6.45) is 0. The van der Waals surface area contributed by atoms with Crippen molar-refractivity contribution in [1.29, 1.82) is 0 Å². The number of hydrogen-bond donors (Lipinski definition) is 1. The SMILES string of the molecule is CCOc1c(Cl)cc(CNCC[S@@](=O)CC)cc1OC. The van der Waals surface area contributed by atoms with E-state index in [2.05, 4.69) is 5.32 Å².